The van der Waals surface area contributed by atoms with Gasteiger partial charge in [-0.1, -0.05) is 0 Å². The third-order valence-electron chi connectivity index (χ3n) is 3.66. The van der Waals surface area contributed by atoms with Gasteiger partial charge in [0.1, 0.15) is 18.2 Å². The molecule has 1 N–H and O–H groups in total. The second-order valence-electron chi connectivity index (χ2n) is 5.12. The highest BCUT2D eigenvalue weighted by Crippen LogP contribution is 2.26. The van der Waals surface area contributed by atoms with Crippen LogP contribution in [-0.4, -0.2) is 19.7 Å². The third-order valence-corrected chi connectivity index (χ3v) is 3.66. The molecule has 0 saturated carbocycles. The summed E-state index contributed by atoms with van der Waals surface area (Å²) in [7, 11) is 1.90. The minimum atomic E-state index is -0.0541. The van der Waals surface area contributed by atoms with E-state index in [2.05, 4.69) is 26.6 Å². The van der Waals surface area contributed by atoms with Crippen LogP contribution in [0.2, 0.25) is 0 Å². The van der Waals surface area contributed by atoms with Gasteiger partial charge in [-0.05, 0) is 37.8 Å². The molecule has 0 saturated heterocycles. The summed E-state index contributed by atoms with van der Waals surface area (Å²) in [6.07, 6.45) is 4.80. The van der Waals surface area contributed by atoms with E-state index in [1.807, 2.05) is 24.6 Å². The lowest BCUT2D eigenvalue weighted by atomic mass is 10.1. The van der Waals surface area contributed by atoms with Crippen molar-refractivity contribution in [2.75, 3.05) is 5.32 Å². The molecule has 0 radical (unpaired) electrons. The molecule has 1 unspecified atom stereocenters. The Balaban J connectivity index is 1.91. The fourth-order valence-electron chi connectivity index (χ4n) is 2.62. The number of nitriles is 1. The molecule has 0 aliphatic heterocycles. The SMILES string of the molecule is CC(Nc1nc2c(cc1C#N)CCC2)c1nncn1C. The van der Waals surface area contributed by atoms with Crippen LogP contribution in [0.25, 0.3) is 0 Å². The molecule has 6 heteroatoms. The molecular formula is C14H16N6. The maximum Gasteiger partial charge on any atom is 0.154 e. The highest BCUT2D eigenvalue weighted by Gasteiger charge is 2.19. The largest absolute Gasteiger partial charge is 0.359 e. The van der Waals surface area contributed by atoms with Gasteiger partial charge in [0.2, 0.25) is 0 Å². The molecule has 0 spiro atoms. The number of fused-ring (bicyclic) bond motifs is 1. The van der Waals surface area contributed by atoms with Crippen molar-refractivity contribution in [2.45, 2.75) is 32.2 Å². The topological polar surface area (TPSA) is 79.4 Å². The first-order valence-electron chi connectivity index (χ1n) is 6.72. The van der Waals surface area contributed by atoms with Gasteiger partial charge in [-0.2, -0.15) is 5.26 Å². The van der Waals surface area contributed by atoms with Crippen molar-refractivity contribution in [3.63, 3.8) is 0 Å². The van der Waals surface area contributed by atoms with Crippen molar-refractivity contribution in [3.05, 3.63) is 35.0 Å². The highest BCUT2D eigenvalue weighted by atomic mass is 15.3. The zero-order chi connectivity index (χ0) is 14.1. The van der Waals surface area contributed by atoms with Crippen LogP contribution in [0, 0.1) is 11.3 Å². The zero-order valence-electron chi connectivity index (χ0n) is 11.6. The Bertz CT molecular complexity index is 681. The van der Waals surface area contributed by atoms with Crippen LogP contribution < -0.4 is 5.32 Å². The van der Waals surface area contributed by atoms with Gasteiger partial charge in [-0.3, -0.25) is 0 Å². The monoisotopic (exact) mass is 268 g/mol. The normalized spacial score (nSPS) is 14.7. The molecule has 3 rings (SSSR count). The van der Waals surface area contributed by atoms with Crippen LogP contribution in [0.5, 0.6) is 0 Å². The Morgan fingerprint density at radius 3 is 3.00 bits per heavy atom. The standard InChI is InChI=1S/C14H16N6/c1-9(14-19-16-8-20(14)2)17-13-11(7-15)6-10-4-3-5-12(10)18-13/h6,8-9H,3-5H2,1-2H3,(H,17,18). The van der Waals surface area contributed by atoms with Gasteiger partial charge < -0.3 is 9.88 Å². The molecule has 0 fully saturated rings. The number of hydrogen-bond donors (Lipinski definition) is 1. The van der Waals surface area contributed by atoms with Crippen LogP contribution in [0.3, 0.4) is 0 Å². The van der Waals surface area contributed by atoms with Gasteiger partial charge in [0.05, 0.1) is 11.6 Å². The molecule has 20 heavy (non-hydrogen) atoms. The van der Waals surface area contributed by atoms with Crippen LogP contribution in [0.1, 0.15) is 42.0 Å². The lowest BCUT2D eigenvalue weighted by molar-refractivity contribution is 0.715. The molecule has 102 valence electrons. The number of aryl methyl sites for hydroxylation is 3. The zero-order valence-corrected chi connectivity index (χ0v) is 11.6. The Kier molecular flexibility index (Phi) is 3.11. The van der Waals surface area contributed by atoms with E-state index in [-0.39, 0.29) is 6.04 Å². The summed E-state index contributed by atoms with van der Waals surface area (Å²) in [5, 5.41) is 20.5. The van der Waals surface area contributed by atoms with E-state index < -0.39 is 0 Å². The summed E-state index contributed by atoms with van der Waals surface area (Å²) in [5.41, 5.74) is 2.91. The Hall–Kier alpha value is -2.42. The second-order valence-corrected chi connectivity index (χ2v) is 5.12. The molecular weight excluding hydrogens is 252 g/mol. The van der Waals surface area contributed by atoms with Crippen molar-refractivity contribution in [2.24, 2.45) is 7.05 Å². The van der Waals surface area contributed by atoms with Crippen molar-refractivity contribution >= 4 is 5.82 Å². The second kappa shape index (κ2) is 4.93. The molecule has 2 heterocycles. The van der Waals surface area contributed by atoms with E-state index in [4.69, 9.17) is 0 Å². The molecule has 1 aliphatic rings. The Morgan fingerprint density at radius 1 is 1.45 bits per heavy atom. The van der Waals surface area contributed by atoms with E-state index >= 15 is 0 Å². The smallest absolute Gasteiger partial charge is 0.154 e. The average Bonchev–Trinajstić information content (AvgIpc) is 3.05. The fraction of sp³-hybridized carbons (Fsp3) is 0.429. The van der Waals surface area contributed by atoms with E-state index in [0.29, 0.717) is 11.4 Å². The summed E-state index contributed by atoms with van der Waals surface area (Å²) < 4.78 is 1.86. The molecule has 2 aromatic rings. The van der Waals surface area contributed by atoms with Crippen LogP contribution >= 0.6 is 0 Å². The summed E-state index contributed by atoms with van der Waals surface area (Å²) in [6.45, 7) is 1.99. The maximum absolute atomic E-state index is 9.28. The summed E-state index contributed by atoms with van der Waals surface area (Å²) >= 11 is 0. The number of rotatable bonds is 3. The summed E-state index contributed by atoms with van der Waals surface area (Å²) in [6, 6.07) is 4.13. The lowest BCUT2D eigenvalue weighted by Gasteiger charge is -2.15. The predicted octanol–water partition coefficient (Wildman–Crippen LogP) is 1.74. The van der Waals surface area contributed by atoms with E-state index in [0.717, 1.165) is 30.8 Å². The first kappa shape index (κ1) is 12.6. The number of pyridine rings is 1. The van der Waals surface area contributed by atoms with E-state index in [1.54, 1.807) is 6.33 Å². The van der Waals surface area contributed by atoms with Crippen molar-refractivity contribution in [1.29, 1.82) is 5.26 Å². The van der Waals surface area contributed by atoms with Crippen molar-refractivity contribution in [1.82, 2.24) is 19.7 Å². The molecule has 0 bridgehead atoms. The number of aromatic nitrogens is 4. The van der Waals surface area contributed by atoms with Gasteiger partial charge in [-0.25, -0.2) is 4.98 Å². The lowest BCUT2D eigenvalue weighted by Crippen LogP contribution is -2.14. The summed E-state index contributed by atoms with van der Waals surface area (Å²) in [5.74, 6) is 1.46. The van der Waals surface area contributed by atoms with Gasteiger partial charge in [0.25, 0.3) is 0 Å². The molecule has 1 atom stereocenters. The number of nitrogens with zero attached hydrogens (tertiary/aromatic N) is 5. The van der Waals surface area contributed by atoms with Gasteiger partial charge >= 0.3 is 0 Å². The number of anilines is 1. The molecule has 0 aromatic carbocycles. The minimum Gasteiger partial charge on any atom is -0.359 e. The molecule has 0 amide bonds. The van der Waals surface area contributed by atoms with Gasteiger partial charge in [0.15, 0.2) is 5.82 Å². The minimum absolute atomic E-state index is 0.0541. The summed E-state index contributed by atoms with van der Waals surface area (Å²) in [4.78, 5) is 4.61. The fourth-order valence-corrected chi connectivity index (χ4v) is 2.62. The predicted molar refractivity (Wildman–Crippen MR) is 74.0 cm³/mol. The first-order chi connectivity index (χ1) is 9.69. The van der Waals surface area contributed by atoms with Gasteiger partial charge in [0, 0.05) is 12.7 Å². The maximum atomic E-state index is 9.28. The molecule has 2 aromatic heterocycles. The highest BCUT2D eigenvalue weighted by molar-refractivity contribution is 5.55. The number of nitrogens with one attached hydrogen (secondary N) is 1. The van der Waals surface area contributed by atoms with Crippen LogP contribution in [0.4, 0.5) is 5.82 Å². The third kappa shape index (κ3) is 2.11. The van der Waals surface area contributed by atoms with E-state index in [9.17, 15) is 5.26 Å². The van der Waals surface area contributed by atoms with Crippen molar-refractivity contribution < 1.29 is 0 Å². The Morgan fingerprint density at radius 2 is 2.30 bits per heavy atom. The van der Waals surface area contributed by atoms with Gasteiger partial charge in [-0.15, -0.1) is 10.2 Å². The average molecular weight is 268 g/mol. The van der Waals surface area contributed by atoms with Crippen LogP contribution in [0.15, 0.2) is 12.4 Å². The van der Waals surface area contributed by atoms with Crippen molar-refractivity contribution in [3.8, 4) is 6.07 Å². The Labute approximate surface area is 117 Å². The first-order valence-corrected chi connectivity index (χ1v) is 6.72. The molecule has 1 aliphatic carbocycles. The van der Waals surface area contributed by atoms with E-state index in [1.165, 1.54) is 5.56 Å². The molecule has 6 nitrogen and oxygen atoms in total. The quantitative estimate of drug-likeness (QED) is 0.917. The number of hydrogen-bond acceptors (Lipinski definition) is 5. The van der Waals surface area contributed by atoms with Crippen LogP contribution in [-0.2, 0) is 19.9 Å².